The molecule has 30 heavy (non-hydrogen) atoms. The van der Waals surface area contributed by atoms with E-state index in [1.54, 1.807) is 6.07 Å². The molecule has 3 aromatic carbocycles. The van der Waals surface area contributed by atoms with Crippen molar-refractivity contribution in [1.29, 1.82) is 0 Å². The molecule has 0 fully saturated rings. The predicted octanol–water partition coefficient (Wildman–Crippen LogP) is 3.77. The number of nitrogens with one attached hydrogen (secondary N) is 2. The van der Waals surface area contributed by atoms with E-state index < -0.39 is 0 Å². The van der Waals surface area contributed by atoms with Crippen molar-refractivity contribution in [2.24, 2.45) is 0 Å². The molecule has 1 unspecified atom stereocenters. The number of amides is 2. The van der Waals surface area contributed by atoms with Crippen LogP contribution in [0.4, 0.5) is 0 Å². The SMILES string of the molecule is CCN(CC)C(CNC(=O)CNC(=O)c1ccc2ccccc2c1)c1ccccc1. The molecule has 1 atom stereocenters. The van der Waals surface area contributed by atoms with E-state index >= 15 is 0 Å². The minimum atomic E-state index is -0.251. The van der Waals surface area contributed by atoms with Crippen LogP contribution in [0, 0.1) is 0 Å². The lowest BCUT2D eigenvalue weighted by molar-refractivity contribution is -0.120. The molecular weight excluding hydrogens is 374 g/mol. The largest absolute Gasteiger partial charge is 0.353 e. The van der Waals surface area contributed by atoms with Crippen LogP contribution in [-0.4, -0.2) is 42.9 Å². The number of hydrogen-bond acceptors (Lipinski definition) is 3. The molecule has 3 aromatic rings. The molecule has 0 heterocycles. The van der Waals surface area contributed by atoms with Crippen LogP contribution >= 0.6 is 0 Å². The average molecular weight is 404 g/mol. The first-order valence-electron chi connectivity index (χ1n) is 10.4. The molecule has 5 nitrogen and oxygen atoms in total. The molecular formula is C25H29N3O2. The minimum absolute atomic E-state index is 0.0502. The fraction of sp³-hybridized carbons (Fsp3) is 0.280. The highest BCUT2D eigenvalue weighted by molar-refractivity contribution is 5.99. The first kappa shape index (κ1) is 21.5. The van der Waals surface area contributed by atoms with Crippen molar-refractivity contribution in [3.8, 4) is 0 Å². The van der Waals surface area contributed by atoms with Gasteiger partial charge in [-0.1, -0.05) is 74.5 Å². The second kappa shape index (κ2) is 10.6. The monoisotopic (exact) mass is 403 g/mol. The molecule has 0 aliphatic rings. The van der Waals surface area contributed by atoms with Crippen LogP contribution in [-0.2, 0) is 4.79 Å². The van der Waals surface area contributed by atoms with Crippen LogP contribution < -0.4 is 10.6 Å². The normalized spacial score (nSPS) is 12.0. The second-order valence-corrected chi connectivity index (χ2v) is 7.20. The fourth-order valence-corrected chi connectivity index (χ4v) is 3.66. The van der Waals surface area contributed by atoms with Crippen LogP contribution in [0.1, 0.15) is 35.8 Å². The summed E-state index contributed by atoms with van der Waals surface area (Å²) < 4.78 is 0. The molecule has 0 spiro atoms. The highest BCUT2D eigenvalue weighted by Gasteiger charge is 2.18. The molecule has 3 rings (SSSR count). The molecule has 2 amide bonds. The third-order valence-corrected chi connectivity index (χ3v) is 5.35. The van der Waals surface area contributed by atoms with Gasteiger partial charge in [0.05, 0.1) is 12.6 Å². The van der Waals surface area contributed by atoms with E-state index in [0.29, 0.717) is 12.1 Å². The Morgan fingerprint density at radius 1 is 0.833 bits per heavy atom. The highest BCUT2D eigenvalue weighted by Crippen LogP contribution is 2.19. The lowest BCUT2D eigenvalue weighted by Crippen LogP contribution is -2.42. The molecule has 0 aromatic heterocycles. The zero-order chi connectivity index (χ0) is 21.3. The topological polar surface area (TPSA) is 61.4 Å². The van der Waals surface area contributed by atoms with E-state index in [0.717, 1.165) is 23.9 Å². The molecule has 0 aliphatic carbocycles. The Morgan fingerprint density at radius 3 is 2.20 bits per heavy atom. The number of hydrogen-bond donors (Lipinski definition) is 2. The van der Waals surface area contributed by atoms with Gasteiger partial charge in [-0.2, -0.15) is 0 Å². The van der Waals surface area contributed by atoms with Gasteiger partial charge in [0, 0.05) is 12.1 Å². The van der Waals surface area contributed by atoms with Crippen LogP contribution in [0.5, 0.6) is 0 Å². The van der Waals surface area contributed by atoms with E-state index in [1.165, 1.54) is 5.56 Å². The number of carbonyl (C=O) groups is 2. The Balaban J connectivity index is 1.56. The molecule has 0 aliphatic heterocycles. The van der Waals surface area contributed by atoms with Gasteiger partial charge >= 0.3 is 0 Å². The summed E-state index contributed by atoms with van der Waals surface area (Å²) in [5, 5.41) is 7.77. The maximum absolute atomic E-state index is 12.5. The van der Waals surface area contributed by atoms with Crippen molar-refractivity contribution < 1.29 is 9.59 Å². The van der Waals surface area contributed by atoms with Gasteiger partial charge in [-0.15, -0.1) is 0 Å². The Bertz CT molecular complexity index is 984. The summed E-state index contributed by atoms with van der Waals surface area (Å²) in [4.78, 5) is 27.1. The summed E-state index contributed by atoms with van der Waals surface area (Å²) in [7, 11) is 0. The molecule has 0 saturated carbocycles. The zero-order valence-corrected chi connectivity index (χ0v) is 17.6. The van der Waals surface area contributed by atoms with Gasteiger partial charge in [0.2, 0.25) is 5.91 Å². The van der Waals surface area contributed by atoms with Crippen LogP contribution in [0.25, 0.3) is 10.8 Å². The predicted molar refractivity (Wildman–Crippen MR) is 121 cm³/mol. The molecule has 0 radical (unpaired) electrons. The van der Waals surface area contributed by atoms with Gasteiger partial charge in [-0.25, -0.2) is 0 Å². The van der Waals surface area contributed by atoms with Gasteiger partial charge in [-0.3, -0.25) is 14.5 Å². The van der Waals surface area contributed by atoms with Crippen molar-refractivity contribution in [3.05, 3.63) is 83.9 Å². The van der Waals surface area contributed by atoms with Crippen molar-refractivity contribution >= 4 is 22.6 Å². The number of nitrogens with zero attached hydrogens (tertiary/aromatic N) is 1. The maximum Gasteiger partial charge on any atom is 0.251 e. The first-order valence-corrected chi connectivity index (χ1v) is 10.4. The lowest BCUT2D eigenvalue weighted by atomic mass is 10.1. The standard InChI is InChI=1S/C25H29N3O2/c1-3-28(4-2)23(20-11-6-5-7-12-20)17-26-24(29)18-27-25(30)22-15-14-19-10-8-9-13-21(19)16-22/h5-16,23H,3-4,17-18H2,1-2H3,(H,26,29)(H,27,30). The van der Waals surface area contributed by atoms with E-state index in [9.17, 15) is 9.59 Å². The van der Waals surface area contributed by atoms with Crippen molar-refractivity contribution in [1.82, 2.24) is 15.5 Å². The summed E-state index contributed by atoms with van der Waals surface area (Å²) in [5.74, 6) is -0.448. The van der Waals surface area contributed by atoms with Gasteiger partial charge in [0.25, 0.3) is 5.91 Å². The number of fused-ring (bicyclic) bond motifs is 1. The maximum atomic E-state index is 12.5. The van der Waals surface area contributed by atoms with Gasteiger partial charge < -0.3 is 10.6 Å². The van der Waals surface area contributed by atoms with Crippen LogP contribution in [0.3, 0.4) is 0 Å². The average Bonchev–Trinajstić information content (AvgIpc) is 2.80. The van der Waals surface area contributed by atoms with Gasteiger partial charge in [0.15, 0.2) is 0 Å². The van der Waals surface area contributed by atoms with Crippen molar-refractivity contribution in [3.63, 3.8) is 0 Å². The van der Waals surface area contributed by atoms with Gasteiger partial charge in [0.1, 0.15) is 0 Å². The highest BCUT2D eigenvalue weighted by atomic mass is 16.2. The molecule has 5 heteroatoms. The summed E-state index contributed by atoms with van der Waals surface area (Å²) >= 11 is 0. The van der Waals surface area contributed by atoms with Crippen molar-refractivity contribution in [2.45, 2.75) is 19.9 Å². The summed E-state index contributed by atoms with van der Waals surface area (Å²) in [6, 6.07) is 23.7. The third-order valence-electron chi connectivity index (χ3n) is 5.35. The second-order valence-electron chi connectivity index (χ2n) is 7.20. The minimum Gasteiger partial charge on any atom is -0.353 e. The van der Waals surface area contributed by atoms with E-state index in [2.05, 4.69) is 41.5 Å². The summed E-state index contributed by atoms with van der Waals surface area (Å²) in [6.45, 7) is 6.47. The Hall–Kier alpha value is -3.18. The molecule has 2 N–H and O–H groups in total. The van der Waals surface area contributed by atoms with E-state index in [-0.39, 0.29) is 24.4 Å². The quantitative estimate of drug-likeness (QED) is 0.572. The van der Waals surface area contributed by atoms with Crippen molar-refractivity contribution in [2.75, 3.05) is 26.2 Å². The first-order chi connectivity index (χ1) is 14.6. The Kier molecular flexibility index (Phi) is 7.57. The van der Waals surface area contributed by atoms with E-state index in [1.807, 2.05) is 54.6 Å². The summed E-state index contributed by atoms with van der Waals surface area (Å²) in [5.41, 5.74) is 1.72. The van der Waals surface area contributed by atoms with Gasteiger partial charge in [-0.05, 0) is 41.6 Å². The number of carbonyl (C=O) groups excluding carboxylic acids is 2. The Labute approximate surface area is 178 Å². The molecule has 0 saturated heterocycles. The third kappa shape index (κ3) is 5.45. The van der Waals surface area contributed by atoms with Crippen LogP contribution in [0.15, 0.2) is 72.8 Å². The lowest BCUT2D eigenvalue weighted by Gasteiger charge is -2.30. The Morgan fingerprint density at radius 2 is 1.50 bits per heavy atom. The smallest absolute Gasteiger partial charge is 0.251 e. The fourth-order valence-electron chi connectivity index (χ4n) is 3.66. The number of rotatable bonds is 9. The van der Waals surface area contributed by atoms with E-state index in [4.69, 9.17) is 0 Å². The zero-order valence-electron chi connectivity index (χ0n) is 17.6. The summed E-state index contributed by atoms with van der Waals surface area (Å²) in [6.07, 6.45) is 0. The van der Waals surface area contributed by atoms with Crippen LogP contribution in [0.2, 0.25) is 0 Å². The molecule has 156 valence electrons. The number of likely N-dealkylation sites (N-methyl/N-ethyl adjacent to an activating group) is 1. The molecule has 0 bridgehead atoms. The number of benzene rings is 3.